The van der Waals surface area contributed by atoms with Gasteiger partial charge in [0, 0.05) is 62.8 Å². The third-order valence-corrected chi connectivity index (χ3v) is 16.0. The van der Waals surface area contributed by atoms with E-state index in [1.165, 1.54) is 71.9 Å². The first-order valence-corrected chi connectivity index (χ1v) is 29.8. The van der Waals surface area contributed by atoms with E-state index >= 15 is 0 Å². The van der Waals surface area contributed by atoms with Crippen molar-refractivity contribution in [1.29, 1.82) is 0 Å². The number of piperidine rings is 1. The normalized spacial score (nSPS) is 16.5. The van der Waals surface area contributed by atoms with E-state index in [1.807, 2.05) is 50.2 Å². The average Bonchev–Trinajstić information content (AvgIpc) is 4.23. The maximum atomic E-state index is 10.5. The van der Waals surface area contributed by atoms with Gasteiger partial charge in [-0.3, -0.25) is 10.2 Å². The molecule has 2 fully saturated rings. The molecule has 2 saturated heterocycles. The van der Waals surface area contributed by atoms with E-state index in [4.69, 9.17) is 24.1 Å². The maximum absolute atomic E-state index is 10.5. The first-order chi connectivity index (χ1) is 36.1. The van der Waals surface area contributed by atoms with Gasteiger partial charge in [0.1, 0.15) is 48.5 Å². The van der Waals surface area contributed by atoms with E-state index < -0.39 is 12.3 Å². The Labute approximate surface area is 456 Å². The minimum Gasteiger partial charge on any atom is -0.494 e. The number of piperazine rings is 1. The van der Waals surface area contributed by atoms with Crippen LogP contribution in [0, 0.1) is 13.8 Å². The number of benzene rings is 4. The van der Waals surface area contributed by atoms with Crippen LogP contribution in [0.25, 0.3) is 20.4 Å². The van der Waals surface area contributed by atoms with Crippen molar-refractivity contribution in [2.45, 2.75) is 116 Å². The summed E-state index contributed by atoms with van der Waals surface area (Å²) in [5.41, 5.74) is 7.90. The predicted octanol–water partition coefficient (Wildman–Crippen LogP) is 9.68. The Kier molecular flexibility index (Phi) is 24.4. The molecule has 4 aliphatic rings. The molecule has 404 valence electrons. The molecular weight excluding hydrogens is 1040 g/mol. The fourth-order valence-electron chi connectivity index (χ4n) is 9.74. The van der Waals surface area contributed by atoms with Crippen molar-refractivity contribution in [2.75, 3.05) is 90.7 Å². The number of hydrogen-bond acceptors (Lipinski definition) is 15. The second-order valence-electron chi connectivity index (χ2n) is 19.5. The zero-order chi connectivity index (χ0) is 51.9. The van der Waals surface area contributed by atoms with Crippen molar-refractivity contribution < 1.29 is 34.3 Å². The van der Waals surface area contributed by atoms with Crippen LogP contribution in [0.15, 0.2) is 72.8 Å². The molecule has 13 nitrogen and oxygen atoms in total. The molecule has 6 aromatic rings. The molecule has 74 heavy (non-hydrogen) atoms. The molecule has 5 N–H and O–H groups in total. The molecule has 0 spiro atoms. The van der Waals surface area contributed by atoms with Crippen LogP contribution in [0.5, 0.6) is 23.0 Å². The van der Waals surface area contributed by atoms with Crippen LogP contribution in [-0.4, -0.2) is 144 Å². The summed E-state index contributed by atoms with van der Waals surface area (Å²) in [5.74, 6) is 3.59. The van der Waals surface area contributed by atoms with E-state index in [1.54, 1.807) is 29.6 Å². The molecule has 0 amide bonds. The molecule has 0 radical (unpaired) electrons. The standard InChI is InChI=1S/C28H37N3O3S.C15H21N3O2S.C13H17BrO.C2H6O/c1-21-29-27-18-26(9-10-28(27)35-21)34-20-24(32)19-31-14-12-30(13-15-31)11-2-3-16-33-25-8-7-22-5-4-6-23(22)17-25;1-10-17-13-8-12(2-3-14(13)21-10)20-9-15(19)18-11-4-6-16-7-5-11;14-8-1-2-9-15-13-7-6-11-4-3-5-12(11)10-13;1-2-3/h7-10,17-18,24,32H,2-6,11-16,19-20H2,1H3;2-3,8,11,15-16,18-19H,4-7,9H2,1H3;6-7,10H,1-5,8-9H2;3H,2H2,1H3/t24-;15-;;/m10../s1. The molecule has 16 heteroatoms. The fraction of sp³-hybridized carbons (Fsp3) is 0.552. The number of nitrogens with one attached hydrogen (secondary N) is 2. The number of halogens is 1. The van der Waals surface area contributed by atoms with Crippen LogP contribution in [0.4, 0.5) is 0 Å². The number of aromatic nitrogens is 2. The highest BCUT2D eigenvalue weighted by atomic mass is 79.9. The number of thiazole rings is 2. The number of aryl methyl sites for hydroxylation is 6. The van der Waals surface area contributed by atoms with Gasteiger partial charge in [-0.1, -0.05) is 28.1 Å². The van der Waals surface area contributed by atoms with Gasteiger partial charge in [-0.15, -0.1) is 22.7 Å². The van der Waals surface area contributed by atoms with E-state index in [9.17, 15) is 10.2 Å². The SMILES string of the molecule is BrCCCCOc1ccc2c(c1)CCC2.CCO.Cc1nc2cc(OC[C@H](O)CN3CCN(CCCCOc4ccc5c(c4)CCC5)CC3)ccc2s1.Cc1nc2cc(OC[C@H](O)NC3CCNCC3)ccc2s1. The Morgan fingerprint density at radius 2 is 1.14 bits per heavy atom. The van der Waals surface area contributed by atoms with Crippen LogP contribution in [-0.2, 0) is 25.7 Å². The Morgan fingerprint density at radius 3 is 1.69 bits per heavy atom. The highest BCUT2D eigenvalue weighted by molar-refractivity contribution is 9.09. The van der Waals surface area contributed by atoms with Crippen molar-refractivity contribution in [3.8, 4) is 23.0 Å². The number of rotatable bonds is 21. The molecular formula is C58H81BrN6O7S2. The quantitative estimate of drug-likeness (QED) is 0.0264. The number of nitrogens with zero attached hydrogens (tertiary/aromatic N) is 4. The third kappa shape index (κ3) is 19.3. The van der Waals surface area contributed by atoms with Crippen molar-refractivity contribution >= 4 is 59.0 Å². The van der Waals surface area contributed by atoms with Crippen molar-refractivity contribution in [1.82, 2.24) is 30.4 Å². The number of fused-ring (bicyclic) bond motifs is 4. The summed E-state index contributed by atoms with van der Waals surface area (Å²) in [7, 11) is 0. The first-order valence-electron chi connectivity index (χ1n) is 27.1. The molecule has 0 saturated carbocycles. The van der Waals surface area contributed by atoms with Crippen LogP contribution < -0.4 is 29.6 Å². The van der Waals surface area contributed by atoms with Gasteiger partial charge in [0.25, 0.3) is 0 Å². The number of ether oxygens (including phenoxy) is 4. The van der Waals surface area contributed by atoms with Crippen LogP contribution in [0.1, 0.15) is 90.6 Å². The zero-order valence-electron chi connectivity index (χ0n) is 44.0. The van der Waals surface area contributed by atoms with E-state index in [2.05, 4.69) is 82.7 Å². The summed E-state index contributed by atoms with van der Waals surface area (Å²) in [6, 6.07) is 25.4. The largest absolute Gasteiger partial charge is 0.494 e. The second-order valence-corrected chi connectivity index (χ2v) is 22.8. The highest BCUT2D eigenvalue weighted by Gasteiger charge is 2.20. The summed E-state index contributed by atoms with van der Waals surface area (Å²) in [6.45, 7) is 16.0. The lowest BCUT2D eigenvalue weighted by Crippen LogP contribution is -2.49. The third-order valence-electron chi connectivity index (χ3n) is 13.6. The molecule has 2 aliphatic heterocycles. The Balaban J connectivity index is 0.000000173. The molecule has 10 rings (SSSR count). The molecule has 4 heterocycles. The van der Waals surface area contributed by atoms with Gasteiger partial charge in [-0.2, -0.15) is 0 Å². The van der Waals surface area contributed by atoms with E-state index in [0.29, 0.717) is 19.2 Å². The van der Waals surface area contributed by atoms with Crippen molar-refractivity contribution in [3.63, 3.8) is 0 Å². The van der Waals surface area contributed by atoms with Gasteiger partial charge in [0.2, 0.25) is 0 Å². The molecule has 4 aromatic carbocycles. The van der Waals surface area contributed by atoms with Gasteiger partial charge in [-0.25, -0.2) is 9.97 Å². The zero-order valence-corrected chi connectivity index (χ0v) is 47.2. The van der Waals surface area contributed by atoms with E-state index in [-0.39, 0.29) is 13.2 Å². The van der Waals surface area contributed by atoms with Crippen molar-refractivity contribution in [3.05, 3.63) is 105 Å². The molecule has 2 aliphatic carbocycles. The van der Waals surface area contributed by atoms with Crippen LogP contribution in [0.3, 0.4) is 0 Å². The lowest BCUT2D eigenvalue weighted by Gasteiger charge is -2.35. The Morgan fingerprint density at radius 1 is 0.649 bits per heavy atom. The second kappa shape index (κ2) is 31.3. The lowest BCUT2D eigenvalue weighted by molar-refractivity contribution is 0.0456. The van der Waals surface area contributed by atoms with E-state index in [0.717, 1.165) is 145 Å². The van der Waals surface area contributed by atoms with Gasteiger partial charge in [-0.05, 0) is 188 Å². The van der Waals surface area contributed by atoms with Gasteiger partial charge >= 0.3 is 0 Å². The molecule has 2 aromatic heterocycles. The lowest BCUT2D eigenvalue weighted by atomic mass is 10.1. The van der Waals surface area contributed by atoms with Crippen LogP contribution in [0.2, 0.25) is 0 Å². The minimum absolute atomic E-state index is 0.249. The summed E-state index contributed by atoms with van der Waals surface area (Å²) < 4.78 is 25.5. The summed E-state index contributed by atoms with van der Waals surface area (Å²) in [4.78, 5) is 13.8. The highest BCUT2D eigenvalue weighted by Crippen LogP contribution is 2.29. The van der Waals surface area contributed by atoms with Crippen LogP contribution >= 0.6 is 38.6 Å². The predicted molar refractivity (Wildman–Crippen MR) is 307 cm³/mol. The Hall–Kier alpha value is -3.94. The molecule has 0 unspecified atom stereocenters. The number of aliphatic hydroxyl groups excluding tert-OH is 3. The topological polar surface area (TPSA) is 154 Å². The molecule has 2 atom stereocenters. The maximum Gasteiger partial charge on any atom is 0.139 e. The first kappa shape index (κ1) is 57.8. The Bertz CT molecular complexity index is 2570. The van der Waals surface area contributed by atoms with Gasteiger partial charge < -0.3 is 44.5 Å². The molecule has 0 bridgehead atoms. The number of hydrogen-bond donors (Lipinski definition) is 5. The smallest absolute Gasteiger partial charge is 0.139 e. The van der Waals surface area contributed by atoms with Gasteiger partial charge in [0.05, 0.1) is 43.7 Å². The average molecular weight is 1120 g/mol. The number of alkyl halides is 1. The fourth-order valence-corrected chi connectivity index (χ4v) is 11.7. The van der Waals surface area contributed by atoms with Gasteiger partial charge in [0.15, 0.2) is 0 Å². The van der Waals surface area contributed by atoms with Crippen molar-refractivity contribution in [2.24, 2.45) is 0 Å². The minimum atomic E-state index is -0.638. The summed E-state index contributed by atoms with van der Waals surface area (Å²) in [5, 5.41) is 37.8. The number of β-amino-alcohol motifs (C(OH)–C–C–N with tert-alkyl or cyclic N) is 1. The number of aliphatic hydroxyl groups is 3. The monoisotopic (exact) mass is 1120 g/mol. The number of unbranched alkanes of at least 4 members (excludes halogenated alkanes) is 2. The summed E-state index contributed by atoms with van der Waals surface area (Å²) in [6.07, 6.45) is 13.0. The summed E-state index contributed by atoms with van der Waals surface area (Å²) >= 11 is 6.78.